The molecule has 1 aliphatic rings. The van der Waals surface area contributed by atoms with Gasteiger partial charge in [-0.2, -0.15) is 0 Å². The number of rotatable bonds is 11. The van der Waals surface area contributed by atoms with E-state index < -0.39 is 29.9 Å². The quantitative estimate of drug-likeness (QED) is 0.272. The van der Waals surface area contributed by atoms with Gasteiger partial charge in [-0.05, 0) is 61.0 Å². The van der Waals surface area contributed by atoms with Crippen molar-refractivity contribution in [1.29, 1.82) is 0 Å². The van der Waals surface area contributed by atoms with E-state index >= 15 is 0 Å². The van der Waals surface area contributed by atoms with Crippen molar-refractivity contribution >= 4 is 35.2 Å². The topological polar surface area (TPSA) is 124 Å². The van der Waals surface area contributed by atoms with E-state index in [0.29, 0.717) is 39.8 Å². The summed E-state index contributed by atoms with van der Waals surface area (Å²) in [5, 5.41) is 2.74. The molecule has 0 aliphatic carbocycles. The second-order valence-corrected chi connectivity index (χ2v) is 9.04. The lowest BCUT2D eigenvalue weighted by Gasteiger charge is -2.22. The van der Waals surface area contributed by atoms with Gasteiger partial charge in [0.25, 0.3) is 5.91 Å². The minimum Gasteiger partial charge on any atom is -0.497 e. The lowest BCUT2D eigenvalue weighted by molar-refractivity contribution is -0.124. The Balaban J connectivity index is 1.59. The zero-order chi connectivity index (χ0) is 29.5. The van der Waals surface area contributed by atoms with Crippen LogP contribution in [0.2, 0.25) is 0 Å². The van der Waals surface area contributed by atoms with Crippen LogP contribution in [0.25, 0.3) is 0 Å². The molecule has 0 radical (unpaired) electrons. The van der Waals surface area contributed by atoms with Crippen LogP contribution >= 0.6 is 0 Å². The van der Waals surface area contributed by atoms with Crippen molar-refractivity contribution in [2.45, 2.75) is 25.9 Å². The number of hydrogen-bond donors (Lipinski definition) is 1. The van der Waals surface area contributed by atoms with Gasteiger partial charge in [0.05, 0.1) is 45.6 Å². The molecule has 1 N–H and O–H groups in total. The average molecular weight is 562 g/mol. The number of ether oxygens (including phenoxy) is 4. The zero-order valence-corrected chi connectivity index (χ0v) is 23.2. The molecular weight excluding hydrogens is 530 g/mol. The van der Waals surface area contributed by atoms with Crippen molar-refractivity contribution in [1.82, 2.24) is 4.90 Å². The van der Waals surface area contributed by atoms with E-state index in [0.717, 1.165) is 4.90 Å². The van der Waals surface area contributed by atoms with Gasteiger partial charge in [-0.25, -0.2) is 14.5 Å². The molecule has 4 amide bonds. The molecule has 0 aromatic heterocycles. The molecule has 0 saturated carbocycles. The lowest BCUT2D eigenvalue weighted by atomic mass is 10.1. The maximum absolute atomic E-state index is 13.7. The van der Waals surface area contributed by atoms with Crippen LogP contribution in [0.3, 0.4) is 0 Å². The molecule has 11 heteroatoms. The molecular formula is C30H31N3O8. The van der Waals surface area contributed by atoms with Crippen LogP contribution in [0.1, 0.15) is 29.3 Å². The van der Waals surface area contributed by atoms with E-state index in [1.165, 1.54) is 38.4 Å². The summed E-state index contributed by atoms with van der Waals surface area (Å²) in [5.41, 5.74) is 1.78. The first-order valence-electron chi connectivity index (χ1n) is 12.9. The Morgan fingerprint density at radius 3 is 2.27 bits per heavy atom. The Bertz CT molecular complexity index is 1440. The number of benzene rings is 3. The van der Waals surface area contributed by atoms with Crippen molar-refractivity contribution < 1.29 is 38.1 Å². The number of amides is 4. The molecule has 3 aromatic rings. The van der Waals surface area contributed by atoms with E-state index in [9.17, 15) is 19.2 Å². The zero-order valence-electron chi connectivity index (χ0n) is 23.2. The van der Waals surface area contributed by atoms with Crippen LogP contribution in [0.15, 0.2) is 66.7 Å². The Morgan fingerprint density at radius 2 is 1.61 bits per heavy atom. The summed E-state index contributed by atoms with van der Waals surface area (Å²) >= 11 is 0. The Labute approximate surface area is 237 Å². The fraction of sp³-hybridized carbons (Fsp3) is 0.267. The highest BCUT2D eigenvalue weighted by Gasteiger charge is 2.46. The number of anilines is 2. The Kier molecular flexibility index (Phi) is 9.08. The predicted molar refractivity (Wildman–Crippen MR) is 150 cm³/mol. The molecule has 0 unspecified atom stereocenters. The van der Waals surface area contributed by atoms with E-state index in [-0.39, 0.29) is 19.6 Å². The summed E-state index contributed by atoms with van der Waals surface area (Å²) in [5.74, 6) is -0.0385. The third-order valence-corrected chi connectivity index (χ3v) is 6.49. The van der Waals surface area contributed by atoms with E-state index in [4.69, 9.17) is 18.9 Å². The van der Waals surface area contributed by atoms with Crippen molar-refractivity contribution in [2.24, 2.45) is 0 Å². The number of nitrogens with one attached hydrogen (secondary N) is 1. The molecule has 1 fully saturated rings. The van der Waals surface area contributed by atoms with Crippen molar-refractivity contribution in [3.63, 3.8) is 0 Å². The number of urea groups is 1. The van der Waals surface area contributed by atoms with Crippen molar-refractivity contribution in [3.05, 3.63) is 77.9 Å². The normalized spacial score (nSPS) is 14.6. The van der Waals surface area contributed by atoms with Gasteiger partial charge >= 0.3 is 12.0 Å². The molecule has 1 heterocycles. The highest BCUT2D eigenvalue weighted by atomic mass is 16.5. The summed E-state index contributed by atoms with van der Waals surface area (Å²) in [6.45, 7) is 2.00. The van der Waals surface area contributed by atoms with Crippen LogP contribution in [0, 0.1) is 0 Å². The molecule has 1 aliphatic heterocycles. The summed E-state index contributed by atoms with van der Waals surface area (Å²) in [4.78, 5) is 54.7. The fourth-order valence-corrected chi connectivity index (χ4v) is 4.47. The van der Waals surface area contributed by atoms with Crippen LogP contribution in [-0.4, -0.2) is 62.7 Å². The number of carbonyl (C=O) groups is 4. The van der Waals surface area contributed by atoms with E-state index in [2.05, 4.69) is 5.32 Å². The van der Waals surface area contributed by atoms with Crippen molar-refractivity contribution in [2.75, 3.05) is 38.2 Å². The van der Waals surface area contributed by atoms with Gasteiger partial charge < -0.3 is 29.2 Å². The second kappa shape index (κ2) is 12.9. The van der Waals surface area contributed by atoms with Crippen molar-refractivity contribution in [3.8, 4) is 17.2 Å². The number of esters is 1. The molecule has 41 heavy (non-hydrogen) atoms. The Morgan fingerprint density at radius 1 is 0.878 bits per heavy atom. The molecule has 1 saturated heterocycles. The molecule has 0 spiro atoms. The maximum Gasteiger partial charge on any atom is 0.338 e. The van der Waals surface area contributed by atoms with Crippen LogP contribution in [-0.2, 0) is 20.9 Å². The second-order valence-electron chi connectivity index (χ2n) is 9.04. The largest absolute Gasteiger partial charge is 0.497 e. The summed E-state index contributed by atoms with van der Waals surface area (Å²) in [7, 11) is 4.51. The predicted octanol–water partition coefficient (Wildman–Crippen LogP) is 4.26. The number of nitrogens with zero attached hydrogens (tertiary/aromatic N) is 2. The summed E-state index contributed by atoms with van der Waals surface area (Å²) < 4.78 is 20.9. The molecule has 1 atom stereocenters. The summed E-state index contributed by atoms with van der Waals surface area (Å²) in [6, 6.07) is 16.3. The third kappa shape index (κ3) is 6.40. The molecule has 3 aromatic carbocycles. The smallest absolute Gasteiger partial charge is 0.338 e. The van der Waals surface area contributed by atoms with Crippen LogP contribution in [0.5, 0.6) is 17.2 Å². The first-order chi connectivity index (χ1) is 19.8. The Hall–Kier alpha value is -5.06. The number of methoxy groups -OCH3 is 3. The lowest BCUT2D eigenvalue weighted by Crippen LogP contribution is -2.37. The van der Waals surface area contributed by atoms with Gasteiger partial charge in [0, 0.05) is 18.3 Å². The van der Waals surface area contributed by atoms with Gasteiger partial charge in [0.1, 0.15) is 11.8 Å². The van der Waals surface area contributed by atoms with E-state index in [1.54, 1.807) is 61.5 Å². The molecule has 0 bridgehead atoms. The average Bonchev–Trinajstić information content (AvgIpc) is 3.21. The minimum absolute atomic E-state index is 0.0393. The van der Waals surface area contributed by atoms with Gasteiger partial charge in [-0.15, -0.1) is 0 Å². The molecule has 4 rings (SSSR count). The number of carbonyl (C=O) groups excluding carboxylic acids is 4. The molecule has 214 valence electrons. The third-order valence-electron chi connectivity index (χ3n) is 6.49. The standard InChI is InChI=1S/C30H31N3O8/c1-5-41-29(36)20-10-12-21(13-11-20)31-27(34)17-24-28(35)33(22-7-6-8-23(16-22)38-2)30(37)32(24)18-19-9-14-25(39-3)26(15-19)40-4/h6-16,24H,5,17-18H2,1-4H3,(H,31,34)/t24-/m1/s1. The number of imide groups is 1. The molecule has 11 nitrogen and oxygen atoms in total. The maximum atomic E-state index is 13.7. The summed E-state index contributed by atoms with van der Waals surface area (Å²) in [6.07, 6.45) is -0.294. The highest BCUT2D eigenvalue weighted by Crippen LogP contribution is 2.33. The highest BCUT2D eigenvalue weighted by molar-refractivity contribution is 6.22. The van der Waals surface area contributed by atoms with Gasteiger partial charge in [-0.1, -0.05) is 12.1 Å². The van der Waals surface area contributed by atoms with Gasteiger partial charge in [-0.3, -0.25) is 9.59 Å². The minimum atomic E-state index is -1.08. The van der Waals surface area contributed by atoms with Crippen LogP contribution < -0.4 is 24.4 Å². The first-order valence-corrected chi connectivity index (χ1v) is 12.9. The monoisotopic (exact) mass is 561 g/mol. The SMILES string of the molecule is CCOC(=O)c1ccc(NC(=O)C[C@@H]2C(=O)N(c3cccc(OC)c3)C(=O)N2Cc2ccc(OC)c(OC)c2)cc1. The van der Waals surface area contributed by atoms with Crippen LogP contribution in [0.4, 0.5) is 16.2 Å². The van der Waals surface area contributed by atoms with Gasteiger partial charge in [0.15, 0.2) is 11.5 Å². The van der Waals surface area contributed by atoms with E-state index in [1.807, 2.05) is 0 Å². The fourth-order valence-electron chi connectivity index (χ4n) is 4.47. The number of hydrogen-bond acceptors (Lipinski definition) is 8. The van der Waals surface area contributed by atoms with Gasteiger partial charge in [0.2, 0.25) is 5.91 Å². The first kappa shape index (κ1) is 28.9.